The van der Waals surface area contributed by atoms with E-state index in [0.29, 0.717) is 31.1 Å². The Morgan fingerprint density at radius 2 is 1.90 bits per heavy atom. The Balaban J connectivity index is 1.24. The van der Waals surface area contributed by atoms with Crippen LogP contribution in [0.2, 0.25) is 0 Å². The number of aromatic nitrogens is 3. The Bertz CT molecular complexity index is 1710. The van der Waals surface area contributed by atoms with Crippen LogP contribution in [-0.2, 0) is 37.3 Å². The van der Waals surface area contributed by atoms with Crippen molar-refractivity contribution in [1.29, 1.82) is 0 Å². The molecule has 6 rings (SSSR count). The molecule has 3 N–H and O–H groups in total. The zero-order valence-electron chi connectivity index (χ0n) is 22.6. The third-order valence-corrected chi connectivity index (χ3v) is 7.80. The lowest BCUT2D eigenvalue weighted by Gasteiger charge is -2.27. The van der Waals surface area contributed by atoms with Crippen LogP contribution in [0.3, 0.4) is 0 Å². The molecule has 40 heavy (non-hydrogen) atoms. The minimum absolute atomic E-state index is 0.0284. The van der Waals surface area contributed by atoms with E-state index in [1.165, 1.54) is 5.56 Å². The van der Waals surface area contributed by atoms with Gasteiger partial charge in [0, 0.05) is 61.0 Å². The molecule has 0 aliphatic carbocycles. The fraction of sp³-hybridized carbons (Fsp3) is 0.250. The Morgan fingerprint density at radius 3 is 2.75 bits per heavy atom. The second-order valence-corrected chi connectivity index (χ2v) is 10.2. The number of nitrogens with zero attached hydrogens (tertiary/aromatic N) is 3. The van der Waals surface area contributed by atoms with E-state index < -0.39 is 0 Å². The predicted octanol–water partition coefficient (Wildman–Crippen LogP) is 4.62. The zero-order valence-corrected chi connectivity index (χ0v) is 22.6. The minimum atomic E-state index is -0.197. The molecule has 0 bridgehead atoms. The van der Waals surface area contributed by atoms with Crippen LogP contribution in [0.15, 0.2) is 73.4 Å². The van der Waals surface area contributed by atoms with Crippen molar-refractivity contribution in [3.05, 3.63) is 107 Å². The quantitative estimate of drug-likeness (QED) is 0.240. The van der Waals surface area contributed by atoms with Crippen molar-refractivity contribution in [2.45, 2.75) is 32.6 Å². The first-order chi connectivity index (χ1) is 19.6. The van der Waals surface area contributed by atoms with Gasteiger partial charge < -0.3 is 20.1 Å². The number of hydrogen-bond acceptors (Lipinski definition) is 5. The Hall–Kier alpha value is -4.40. The topological polar surface area (TPSA) is 95.4 Å². The molecule has 204 valence electrons. The van der Waals surface area contributed by atoms with Gasteiger partial charge in [-0.15, -0.1) is 0 Å². The van der Waals surface area contributed by atoms with Gasteiger partial charge in [-0.2, -0.15) is 5.10 Å². The number of nitrogens with one attached hydrogen (secondary N) is 2. The number of H-pyrrole nitrogens is 1. The number of carbonyl (C=O) groups excluding carboxylic acids is 1. The van der Waals surface area contributed by atoms with Gasteiger partial charge in [0.2, 0.25) is 0 Å². The summed E-state index contributed by atoms with van der Waals surface area (Å²) in [5, 5.41) is 20.8. The van der Waals surface area contributed by atoms with Crippen LogP contribution >= 0.6 is 0 Å². The van der Waals surface area contributed by atoms with E-state index in [0.717, 1.165) is 63.6 Å². The fourth-order valence-electron chi connectivity index (χ4n) is 5.78. The van der Waals surface area contributed by atoms with E-state index in [9.17, 15) is 9.90 Å². The molecule has 0 saturated carbocycles. The first-order valence-corrected chi connectivity index (χ1v) is 13.6. The standard InChI is InChI=1S/C32H33N5O3/c1-21(40-2)25-11-6-12-27-24(18-33-30(25)27)19-36-14-13-29-28(20-36)31(35-37(29)15-16-38)32(39)34-17-23-9-5-8-22-7-3-4-10-26(22)23/h3-12,18,33,38H,1,13-17,19-20H2,2H3,(H,34,39). The highest BCUT2D eigenvalue weighted by atomic mass is 16.5. The second-order valence-electron chi connectivity index (χ2n) is 10.2. The maximum absolute atomic E-state index is 13.5. The molecule has 8 heteroatoms. The predicted molar refractivity (Wildman–Crippen MR) is 157 cm³/mol. The van der Waals surface area contributed by atoms with Gasteiger partial charge in [0.1, 0.15) is 5.76 Å². The van der Waals surface area contributed by atoms with Crippen molar-refractivity contribution in [2.75, 3.05) is 20.3 Å². The lowest BCUT2D eigenvalue weighted by Crippen LogP contribution is -2.32. The zero-order chi connectivity index (χ0) is 27.6. The summed E-state index contributed by atoms with van der Waals surface area (Å²) in [5.74, 6) is 0.426. The number of ether oxygens (including phenoxy) is 1. The van der Waals surface area contributed by atoms with Gasteiger partial charge in [-0.3, -0.25) is 14.4 Å². The maximum Gasteiger partial charge on any atom is 0.272 e. The van der Waals surface area contributed by atoms with Crippen LogP contribution in [0, 0.1) is 0 Å². The van der Waals surface area contributed by atoms with Crippen molar-refractivity contribution >= 4 is 33.3 Å². The molecule has 3 aromatic carbocycles. The molecule has 5 aromatic rings. The van der Waals surface area contributed by atoms with E-state index in [1.807, 2.05) is 42.6 Å². The summed E-state index contributed by atoms with van der Waals surface area (Å²) < 4.78 is 7.18. The Morgan fingerprint density at radius 1 is 1.10 bits per heavy atom. The van der Waals surface area contributed by atoms with Gasteiger partial charge in [0.15, 0.2) is 5.69 Å². The van der Waals surface area contributed by atoms with Gasteiger partial charge >= 0.3 is 0 Å². The van der Waals surface area contributed by atoms with Crippen molar-refractivity contribution in [2.24, 2.45) is 0 Å². The van der Waals surface area contributed by atoms with Crippen LogP contribution < -0.4 is 5.32 Å². The average molecular weight is 536 g/mol. The SMILES string of the molecule is C=C(OC)c1cccc2c(CN3CCc4c(c(C(=O)NCc5cccc6ccccc56)nn4CCO)C3)c[nH]c12. The van der Waals surface area contributed by atoms with Gasteiger partial charge in [-0.25, -0.2) is 0 Å². The molecule has 0 unspecified atom stereocenters. The molecule has 3 heterocycles. The van der Waals surface area contributed by atoms with Gasteiger partial charge in [0.25, 0.3) is 5.91 Å². The number of amides is 1. The number of aromatic amines is 1. The van der Waals surface area contributed by atoms with Crippen LogP contribution in [0.1, 0.15) is 38.4 Å². The molecule has 0 spiro atoms. The number of aliphatic hydroxyl groups is 1. The van der Waals surface area contributed by atoms with Gasteiger partial charge in [0.05, 0.1) is 25.8 Å². The van der Waals surface area contributed by atoms with Crippen LogP contribution in [0.5, 0.6) is 0 Å². The van der Waals surface area contributed by atoms with E-state index in [4.69, 9.17) is 4.74 Å². The molecule has 0 saturated heterocycles. The Kier molecular flexibility index (Phi) is 7.11. The summed E-state index contributed by atoms with van der Waals surface area (Å²) in [6.45, 7) is 6.94. The van der Waals surface area contributed by atoms with Crippen molar-refractivity contribution in [1.82, 2.24) is 25.0 Å². The number of methoxy groups -OCH3 is 1. The minimum Gasteiger partial charge on any atom is -0.497 e. The number of hydrogen-bond donors (Lipinski definition) is 3. The third kappa shape index (κ3) is 4.76. The molecule has 2 aromatic heterocycles. The summed E-state index contributed by atoms with van der Waals surface area (Å²) >= 11 is 0. The van der Waals surface area contributed by atoms with E-state index in [2.05, 4.69) is 51.1 Å². The summed E-state index contributed by atoms with van der Waals surface area (Å²) in [5.41, 5.74) is 6.59. The summed E-state index contributed by atoms with van der Waals surface area (Å²) in [6, 6.07) is 20.4. The monoisotopic (exact) mass is 535 g/mol. The van der Waals surface area contributed by atoms with E-state index in [1.54, 1.807) is 11.8 Å². The highest BCUT2D eigenvalue weighted by Crippen LogP contribution is 2.29. The Labute approximate surface area is 232 Å². The molecule has 8 nitrogen and oxygen atoms in total. The highest BCUT2D eigenvalue weighted by Gasteiger charge is 2.28. The van der Waals surface area contributed by atoms with Crippen molar-refractivity contribution < 1.29 is 14.6 Å². The van der Waals surface area contributed by atoms with Crippen LogP contribution in [0.25, 0.3) is 27.4 Å². The molecule has 1 aliphatic rings. The fourth-order valence-corrected chi connectivity index (χ4v) is 5.78. The van der Waals surface area contributed by atoms with Gasteiger partial charge in [-0.05, 0) is 28.0 Å². The van der Waals surface area contributed by atoms with Crippen molar-refractivity contribution in [3.8, 4) is 0 Å². The normalized spacial score (nSPS) is 13.4. The molecule has 1 amide bonds. The third-order valence-electron chi connectivity index (χ3n) is 7.80. The summed E-state index contributed by atoms with van der Waals surface area (Å²) in [7, 11) is 1.63. The van der Waals surface area contributed by atoms with Crippen LogP contribution in [0.4, 0.5) is 0 Å². The average Bonchev–Trinajstić information content (AvgIpc) is 3.57. The largest absolute Gasteiger partial charge is 0.497 e. The summed E-state index contributed by atoms with van der Waals surface area (Å²) in [4.78, 5) is 19.2. The number of carbonyl (C=O) groups is 1. The lowest BCUT2D eigenvalue weighted by atomic mass is 10.0. The molecule has 0 fully saturated rings. The number of fused-ring (bicyclic) bond motifs is 3. The number of aliphatic hydroxyl groups excluding tert-OH is 1. The van der Waals surface area contributed by atoms with E-state index in [-0.39, 0.29) is 12.5 Å². The number of para-hydroxylation sites is 1. The second kappa shape index (κ2) is 11.0. The van der Waals surface area contributed by atoms with Crippen LogP contribution in [-0.4, -0.2) is 50.9 Å². The molecule has 0 radical (unpaired) electrons. The lowest BCUT2D eigenvalue weighted by molar-refractivity contribution is 0.0942. The maximum atomic E-state index is 13.5. The highest BCUT2D eigenvalue weighted by molar-refractivity contribution is 5.95. The first-order valence-electron chi connectivity index (χ1n) is 13.6. The van der Waals surface area contributed by atoms with Gasteiger partial charge in [-0.1, -0.05) is 61.2 Å². The van der Waals surface area contributed by atoms with E-state index >= 15 is 0 Å². The number of benzene rings is 3. The number of rotatable bonds is 9. The molecule has 1 aliphatic heterocycles. The molecular formula is C32H33N5O3. The van der Waals surface area contributed by atoms with Crippen molar-refractivity contribution in [3.63, 3.8) is 0 Å². The first kappa shape index (κ1) is 25.9. The smallest absolute Gasteiger partial charge is 0.272 e. The molecular weight excluding hydrogens is 502 g/mol. The molecule has 0 atom stereocenters. The summed E-state index contributed by atoms with van der Waals surface area (Å²) in [6.07, 6.45) is 2.80.